The van der Waals surface area contributed by atoms with Gasteiger partial charge in [0.05, 0.1) is 0 Å². The average Bonchev–Trinajstić information content (AvgIpc) is 2.78. The number of benzene rings is 2. The van der Waals surface area contributed by atoms with E-state index in [1.807, 2.05) is 25.1 Å². The van der Waals surface area contributed by atoms with E-state index < -0.39 is 0 Å². The molecule has 0 aromatic heterocycles. The Morgan fingerprint density at radius 3 is 2.58 bits per heavy atom. The lowest BCUT2D eigenvalue weighted by molar-refractivity contribution is -0.116. The van der Waals surface area contributed by atoms with E-state index in [0.29, 0.717) is 24.0 Å². The molecular formula is C24H32ClN5O. The van der Waals surface area contributed by atoms with E-state index >= 15 is 0 Å². The number of anilines is 1. The first-order valence-electron chi connectivity index (χ1n) is 10.8. The minimum atomic E-state index is -0.0532. The van der Waals surface area contributed by atoms with Crippen LogP contribution in [0.2, 0.25) is 5.02 Å². The Hall–Kier alpha value is -2.57. The Morgan fingerprint density at radius 1 is 1.13 bits per heavy atom. The van der Waals surface area contributed by atoms with Crippen molar-refractivity contribution in [2.24, 2.45) is 4.99 Å². The van der Waals surface area contributed by atoms with E-state index in [-0.39, 0.29) is 5.91 Å². The lowest BCUT2D eigenvalue weighted by Crippen LogP contribution is -2.48. The summed E-state index contributed by atoms with van der Waals surface area (Å²) < 4.78 is 0. The number of likely N-dealkylation sites (tertiary alicyclic amines) is 1. The van der Waals surface area contributed by atoms with Crippen LogP contribution in [0.25, 0.3) is 0 Å². The number of piperidine rings is 1. The van der Waals surface area contributed by atoms with E-state index in [9.17, 15) is 4.79 Å². The van der Waals surface area contributed by atoms with E-state index in [4.69, 9.17) is 11.6 Å². The standard InChI is InChI=1S/C24H32ClN5O/c1-18-21(25)9-6-10-22(18)29-23(31)11-14-27-24(26-2)28-20-12-15-30(16-13-20)17-19-7-4-3-5-8-19/h3-10,20H,11-17H2,1-2H3,(H,29,31)(H2,26,27,28). The van der Waals surface area contributed by atoms with Gasteiger partial charge in [0.25, 0.3) is 0 Å². The van der Waals surface area contributed by atoms with Crippen molar-refractivity contribution in [3.8, 4) is 0 Å². The van der Waals surface area contributed by atoms with E-state index in [0.717, 1.165) is 49.7 Å². The maximum Gasteiger partial charge on any atom is 0.226 e. The van der Waals surface area contributed by atoms with Gasteiger partial charge in [-0.1, -0.05) is 48.0 Å². The molecule has 6 nitrogen and oxygen atoms in total. The molecule has 0 radical (unpaired) electrons. The second-order valence-electron chi connectivity index (χ2n) is 7.89. The highest BCUT2D eigenvalue weighted by atomic mass is 35.5. The van der Waals surface area contributed by atoms with E-state index in [2.05, 4.69) is 56.2 Å². The van der Waals surface area contributed by atoms with Crippen molar-refractivity contribution in [1.82, 2.24) is 15.5 Å². The van der Waals surface area contributed by atoms with Gasteiger partial charge in [-0.25, -0.2) is 0 Å². The second kappa shape index (κ2) is 11.7. The number of guanidine groups is 1. The van der Waals surface area contributed by atoms with Gasteiger partial charge in [0.1, 0.15) is 0 Å². The van der Waals surface area contributed by atoms with Crippen LogP contribution in [-0.2, 0) is 11.3 Å². The first kappa shape index (κ1) is 23.1. The minimum absolute atomic E-state index is 0.0532. The lowest BCUT2D eigenvalue weighted by atomic mass is 10.0. The Balaban J connectivity index is 1.36. The Morgan fingerprint density at radius 2 is 1.87 bits per heavy atom. The molecule has 7 heteroatoms. The molecule has 2 aromatic carbocycles. The lowest BCUT2D eigenvalue weighted by Gasteiger charge is -2.33. The maximum atomic E-state index is 12.3. The molecule has 1 fully saturated rings. The van der Waals surface area contributed by atoms with Crippen LogP contribution in [0.15, 0.2) is 53.5 Å². The van der Waals surface area contributed by atoms with Gasteiger partial charge in [0, 0.05) is 56.4 Å². The molecule has 31 heavy (non-hydrogen) atoms. The van der Waals surface area contributed by atoms with Crippen LogP contribution in [0.5, 0.6) is 0 Å². The summed E-state index contributed by atoms with van der Waals surface area (Å²) in [7, 11) is 1.76. The zero-order valence-electron chi connectivity index (χ0n) is 18.3. The van der Waals surface area contributed by atoms with Crippen molar-refractivity contribution in [3.63, 3.8) is 0 Å². The van der Waals surface area contributed by atoms with Crippen LogP contribution < -0.4 is 16.0 Å². The first-order chi connectivity index (χ1) is 15.0. The predicted octanol–water partition coefficient (Wildman–Crippen LogP) is 3.81. The third-order valence-electron chi connectivity index (χ3n) is 5.59. The number of nitrogens with one attached hydrogen (secondary N) is 3. The molecular weight excluding hydrogens is 410 g/mol. The molecule has 2 aromatic rings. The molecule has 0 atom stereocenters. The molecule has 3 rings (SSSR count). The van der Waals surface area contributed by atoms with Crippen LogP contribution in [0.1, 0.15) is 30.4 Å². The van der Waals surface area contributed by atoms with Gasteiger partial charge >= 0.3 is 0 Å². The number of halogens is 1. The summed E-state index contributed by atoms with van der Waals surface area (Å²) >= 11 is 6.11. The van der Waals surface area contributed by atoms with Crippen LogP contribution in [0.4, 0.5) is 5.69 Å². The Labute approximate surface area is 190 Å². The zero-order chi connectivity index (χ0) is 22.1. The maximum absolute atomic E-state index is 12.3. The Kier molecular flexibility index (Phi) is 8.74. The summed E-state index contributed by atoms with van der Waals surface area (Å²) in [5.74, 6) is 0.691. The third kappa shape index (κ3) is 7.26. The van der Waals surface area contributed by atoms with Gasteiger partial charge in [-0.05, 0) is 43.0 Å². The molecule has 0 saturated carbocycles. The number of aliphatic imine (C=N–C) groups is 1. The number of hydrogen-bond acceptors (Lipinski definition) is 3. The fourth-order valence-corrected chi connectivity index (χ4v) is 3.89. The van der Waals surface area contributed by atoms with Crippen molar-refractivity contribution in [2.45, 2.75) is 38.8 Å². The highest BCUT2D eigenvalue weighted by Crippen LogP contribution is 2.22. The first-order valence-corrected chi connectivity index (χ1v) is 11.2. The second-order valence-corrected chi connectivity index (χ2v) is 8.30. The molecule has 1 amide bonds. The molecule has 0 spiro atoms. The Bertz CT molecular complexity index is 879. The van der Waals surface area contributed by atoms with Gasteiger partial charge in [0.2, 0.25) is 5.91 Å². The largest absolute Gasteiger partial charge is 0.356 e. The average molecular weight is 442 g/mol. The third-order valence-corrected chi connectivity index (χ3v) is 6.00. The van der Waals surface area contributed by atoms with Gasteiger partial charge in [-0.2, -0.15) is 0 Å². The zero-order valence-corrected chi connectivity index (χ0v) is 19.1. The van der Waals surface area contributed by atoms with Crippen molar-refractivity contribution in [2.75, 3.05) is 32.0 Å². The van der Waals surface area contributed by atoms with Gasteiger partial charge in [-0.15, -0.1) is 0 Å². The summed E-state index contributed by atoms with van der Waals surface area (Å²) in [6, 6.07) is 16.5. The quantitative estimate of drug-likeness (QED) is 0.451. The normalized spacial score (nSPS) is 15.5. The fourth-order valence-electron chi connectivity index (χ4n) is 3.72. The van der Waals surface area contributed by atoms with Crippen molar-refractivity contribution < 1.29 is 4.79 Å². The van der Waals surface area contributed by atoms with Crippen LogP contribution >= 0.6 is 11.6 Å². The number of amides is 1. The number of nitrogens with zero attached hydrogens (tertiary/aromatic N) is 2. The molecule has 0 aliphatic carbocycles. The highest BCUT2D eigenvalue weighted by molar-refractivity contribution is 6.31. The van der Waals surface area contributed by atoms with Crippen molar-refractivity contribution in [3.05, 3.63) is 64.7 Å². The topological polar surface area (TPSA) is 68.8 Å². The number of carbonyl (C=O) groups excluding carboxylic acids is 1. The monoisotopic (exact) mass is 441 g/mol. The summed E-state index contributed by atoms with van der Waals surface area (Å²) in [6.45, 7) is 5.53. The van der Waals surface area contributed by atoms with Crippen molar-refractivity contribution >= 4 is 29.2 Å². The minimum Gasteiger partial charge on any atom is -0.356 e. The summed E-state index contributed by atoms with van der Waals surface area (Å²) in [5, 5.41) is 10.3. The number of rotatable bonds is 7. The molecule has 1 saturated heterocycles. The molecule has 3 N–H and O–H groups in total. The summed E-state index contributed by atoms with van der Waals surface area (Å²) in [4.78, 5) is 19.1. The van der Waals surface area contributed by atoms with Gasteiger partial charge in [0.15, 0.2) is 5.96 Å². The van der Waals surface area contributed by atoms with E-state index in [1.54, 1.807) is 7.05 Å². The molecule has 0 unspecified atom stereocenters. The van der Waals surface area contributed by atoms with Crippen LogP contribution in [0, 0.1) is 6.92 Å². The predicted molar refractivity (Wildman–Crippen MR) is 129 cm³/mol. The molecule has 1 heterocycles. The number of carbonyl (C=O) groups is 1. The molecule has 1 aliphatic heterocycles. The van der Waals surface area contributed by atoms with Gasteiger partial charge in [-0.3, -0.25) is 14.7 Å². The van der Waals surface area contributed by atoms with E-state index in [1.165, 1.54) is 5.56 Å². The number of hydrogen-bond donors (Lipinski definition) is 3. The molecule has 1 aliphatic rings. The van der Waals surface area contributed by atoms with Gasteiger partial charge < -0.3 is 16.0 Å². The van der Waals surface area contributed by atoms with Crippen molar-refractivity contribution in [1.29, 1.82) is 0 Å². The van der Waals surface area contributed by atoms with Crippen LogP contribution in [0.3, 0.4) is 0 Å². The molecule has 166 valence electrons. The SMILES string of the molecule is CN=C(NCCC(=O)Nc1cccc(Cl)c1C)NC1CCN(Cc2ccccc2)CC1. The summed E-state index contributed by atoms with van der Waals surface area (Å²) in [5.41, 5.74) is 2.99. The molecule has 0 bridgehead atoms. The fraction of sp³-hybridized carbons (Fsp3) is 0.417. The highest BCUT2D eigenvalue weighted by Gasteiger charge is 2.20. The smallest absolute Gasteiger partial charge is 0.226 e. The van der Waals surface area contributed by atoms with Crippen LogP contribution in [-0.4, -0.2) is 49.5 Å². The summed E-state index contributed by atoms with van der Waals surface area (Å²) in [6.07, 6.45) is 2.49.